The summed E-state index contributed by atoms with van der Waals surface area (Å²) in [5.41, 5.74) is 0. The molecule has 0 radical (unpaired) electrons. The van der Waals surface area contributed by atoms with Crippen LogP contribution in [0, 0.1) is 18.3 Å². The van der Waals surface area contributed by atoms with Gasteiger partial charge in [0.1, 0.15) is 6.61 Å². The first-order valence-corrected chi connectivity index (χ1v) is 6.68. The minimum absolute atomic E-state index is 0.383. The van der Waals surface area contributed by atoms with Crippen LogP contribution in [0.2, 0.25) is 0 Å². The maximum Gasteiger partial charge on any atom is 0.107 e. The van der Waals surface area contributed by atoms with Gasteiger partial charge >= 0.3 is 0 Å². The molecular weight excluding hydrogens is 214 g/mol. The highest BCUT2D eigenvalue weighted by Gasteiger charge is 2.16. The second-order valence-corrected chi connectivity index (χ2v) is 4.56. The van der Waals surface area contributed by atoms with E-state index in [9.17, 15) is 0 Å². The Balaban J connectivity index is 1.89. The van der Waals surface area contributed by atoms with Gasteiger partial charge in [-0.25, -0.2) is 0 Å². The van der Waals surface area contributed by atoms with Gasteiger partial charge in [-0.1, -0.05) is 19.3 Å². The van der Waals surface area contributed by atoms with E-state index < -0.39 is 0 Å². The summed E-state index contributed by atoms with van der Waals surface area (Å²) < 4.78 is 10.6. The maximum atomic E-state index is 5.50. The second-order valence-electron chi connectivity index (χ2n) is 4.56. The van der Waals surface area contributed by atoms with E-state index in [0.717, 1.165) is 19.1 Å². The third kappa shape index (κ3) is 6.68. The third-order valence-electron chi connectivity index (χ3n) is 3.39. The number of nitrogens with zero attached hydrogens (tertiary/aromatic N) is 1. The molecule has 1 aliphatic heterocycles. The summed E-state index contributed by atoms with van der Waals surface area (Å²) in [7, 11) is 0. The van der Waals surface area contributed by atoms with Crippen molar-refractivity contribution in [3.05, 3.63) is 0 Å². The van der Waals surface area contributed by atoms with Gasteiger partial charge < -0.3 is 14.4 Å². The molecule has 98 valence electrons. The molecule has 1 rings (SSSR count). The molecule has 1 saturated heterocycles. The SMILES string of the molecule is C#CCOCCOCCN1CCC(CC)CC1. The molecule has 0 saturated carbocycles. The summed E-state index contributed by atoms with van der Waals surface area (Å²) in [4.78, 5) is 2.49. The molecule has 17 heavy (non-hydrogen) atoms. The topological polar surface area (TPSA) is 21.7 Å². The fourth-order valence-corrected chi connectivity index (χ4v) is 2.16. The summed E-state index contributed by atoms with van der Waals surface area (Å²) in [5.74, 6) is 3.38. The summed E-state index contributed by atoms with van der Waals surface area (Å²) in [6.07, 6.45) is 9.10. The van der Waals surface area contributed by atoms with Crippen LogP contribution in [0.25, 0.3) is 0 Å². The van der Waals surface area contributed by atoms with Crippen molar-refractivity contribution < 1.29 is 9.47 Å². The average Bonchev–Trinajstić information content (AvgIpc) is 2.38. The van der Waals surface area contributed by atoms with Gasteiger partial charge in [0.15, 0.2) is 0 Å². The highest BCUT2D eigenvalue weighted by Crippen LogP contribution is 2.19. The lowest BCUT2D eigenvalue weighted by atomic mass is 9.94. The first-order chi connectivity index (χ1) is 8.36. The zero-order valence-corrected chi connectivity index (χ0v) is 11.0. The second kappa shape index (κ2) is 9.47. The van der Waals surface area contributed by atoms with Crippen LogP contribution in [-0.4, -0.2) is 51.0 Å². The lowest BCUT2D eigenvalue weighted by molar-refractivity contribution is 0.0436. The number of terminal acetylenes is 1. The average molecular weight is 239 g/mol. The summed E-state index contributed by atoms with van der Waals surface area (Å²) in [6.45, 7) is 8.23. The normalized spacial score (nSPS) is 18.1. The Labute approximate surface area is 105 Å². The fourth-order valence-electron chi connectivity index (χ4n) is 2.16. The summed E-state index contributed by atoms with van der Waals surface area (Å²) in [6, 6.07) is 0. The van der Waals surface area contributed by atoms with Crippen molar-refractivity contribution in [2.45, 2.75) is 26.2 Å². The predicted molar refractivity (Wildman–Crippen MR) is 69.9 cm³/mol. The number of hydrogen-bond donors (Lipinski definition) is 0. The lowest BCUT2D eigenvalue weighted by Gasteiger charge is -2.31. The fraction of sp³-hybridized carbons (Fsp3) is 0.857. The predicted octanol–water partition coefficient (Wildman–Crippen LogP) is 1.77. The van der Waals surface area contributed by atoms with E-state index in [-0.39, 0.29) is 0 Å². The van der Waals surface area contributed by atoms with E-state index in [1.165, 1.54) is 32.4 Å². The largest absolute Gasteiger partial charge is 0.378 e. The van der Waals surface area contributed by atoms with Crippen molar-refractivity contribution >= 4 is 0 Å². The molecule has 0 atom stereocenters. The Morgan fingerprint density at radius 2 is 1.88 bits per heavy atom. The minimum atomic E-state index is 0.383. The highest BCUT2D eigenvalue weighted by atomic mass is 16.5. The van der Waals surface area contributed by atoms with Crippen LogP contribution in [0.4, 0.5) is 0 Å². The number of ether oxygens (including phenoxy) is 2. The molecule has 1 fully saturated rings. The highest BCUT2D eigenvalue weighted by molar-refractivity contribution is 4.82. The van der Waals surface area contributed by atoms with E-state index in [0.29, 0.717) is 19.8 Å². The molecule has 3 heteroatoms. The van der Waals surface area contributed by atoms with Gasteiger partial charge in [0.2, 0.25) is 0 Å². The molecule has 0 aromatic rings. The van der Waals surface area contributed by atoms with E-state index in [2.05, 4.69) is 17.7 Å². The van der Waals surface area contributed by atoms with Gasteiger partial charge in [-0.15, -0.1) is 6.42 Å². The molecule has 0 bridgehead atoms. The zero-order chi connectivity index (χ0) is 12.3. The molecule has 1 heterocycles. The van der Waals surface area contributed by atoms with Crippen molar-refractivity contribution in [3.8, 4) is 12.3 Å². The van der Waals surface area contributed by atoms with Gasteiger partial charge in [0, 0.05) is 6.54 Å². The number of hydrogen-bond acceptors (Lipinski definition) is 3. The van der Waals surface area contributed by atoms with Crippen molar-refractivity contribution in [1.82, 2.24) is 4.90 Å². The molecule has 1 aliphatic rings. The number of rotatable bonds is 8. The van der Waals surface area contributed by atoms with Crippen molar-refractivity contribution in [2.75, 3.05) is 46.1 Å². The molecule has 0 unspecified atom stereocenters. The van der Waals surface area contributed by atoms with Crippen LogP contribution >= 0.6 is 0 Å². The zero-order valence-electron chi connectivity index (χ0n) is 11.0. The first-order valence-electron chi connectivity index (χ1n) is 6.68. The molecule has 0 aromatic carbocycles. The van der Waals surface area contributed by atoms with Crippen LogP contribution in [0.3, 0.4) is 0 Å². The molecule has 0 spiro atoms. The van der Waals surface area contributed by atoms with Crippen LogP contribution in [0.5, 0.6) is 0 Å². The van der Waals surface area contributed by atoms with Crippen molar-refractivity contribution in [2.24, 2.45) is 5.92 Å². The van der Waals surface area contributed by atoms with Gasteiger partial charge in [-0.2, -0.15) is 0 Å². The summed E-state index contributed by atoms with van der Waals surface area (Å²) >= 11 is 0. The van der Waals surface area contributed by atoms with Gasteiger partial charge in [-0.05, 0) is 31.8 Å². The molecule has 0 N–H and O–H groups in total. The monoisotopic (exact) mass is 239 g/mol. The Kier molecular flexibility index (Phi) is 8.08. The Morgan fingerprint density at radius 3 is 2.53 bits per heavy atom. The quantitative estimate of drug-likeness (QED) is 0.476. The van der Waals surface area contributed by atoms with E-state index in [1.54, 1.807) is 0 Å². The van der Waals surface area contributed by atoms with Gasteiger partial charge in [0.05, 0.1) is 19.8 Å². The van der Waals surface area contributed by atoms with Crippen LogP contribution in [0.15, 0.2) is 0 Å². The van der Waals surface area contributed by atoms with E-state index in [4.69, 9.17) is 15.9 Å². The van der Waals surface area contributed by atoms with E-state index in [1.807, 2.05) is 0 Å². The molecule has 0 amide bonds. The number of piperidine rings is 1. The van der Waals surface area contributed by atoms with Gasteiger partial charge in [-0.3, -0.25) is 0 Å². The Bertz CT molecular complexity index is 217. The molecule has 0 aliphatic carbocycles. The number of likely N-dealkylation sites (tertiary alicyclic amines) is 1. The Morgan fingerprint density at radius 1 is 1.18 bits per heavy atom. The van der Waals surface area contributed by atoms with Gasteiger partial charge in [0.25, 0.3) is 0 Å². The standard InChI is InChI=1S/C14H25NO2/c1-3-10-16-12-13-17-11-9-15-7-5-14(4-2)6-8-15/h1,14H,4-13H2,2H3. The van der Waals surface area contributed by atoms with Crippen LogP contribution < -0.4 is 0 Å². The van der Waals surface area contributed by atoms with Crippen molar-refractivity contribution in [3.63, 3.8) is 0 Å². The Hall–Kier alpha value is -0.560. The summed E-state index contributed by atoms with van der Waals surface area (Å²) in [5, 5.41) is 0. The van der Waals surface area contributed by atoms with Crippen LogP contribution in [-0.2, 0) is 9.47 Å². The van der Waals surface area contributed by atoms with Crippen LogP contribution in [0.1, 0.15) is 26.2 Å². The molecular formula is C14H25NO2. The van der Waals surface area contributed by atoms with E-state index >= 15 is 0 Å². The smallest absolute Gasteiger partial charge is 0.107 e. The molecule has 0 aromatic heterocycles. The third-order valence-corrected chi connectivity index (χ3v) is 3.39. The minimum Gasteiger partial charge on any atom is -0.378 e. The first kappa shape index (κ1) is 14.5. The molecule has 3 nitrogen and oxygen atoms in total. The maximum absolute atomic E-state index is 5.50. The van der Waals surface area contributed by atoms with Crippen molar-refractivity contribution in [1.29, 1.82) is 0 Å². The lowest BCUT2D eigenvalue weighted by Crippen LogP contribution is -2.36.